The van der Waals surface area contributed by atoms with Gasteiger partial charge in [0.05, 0.1) is 5.56 Å². The second kappa shape index (κ2) is 7.67. The fourth-order valence-corrected chi connectivity index (χ4v) is 2.98. The topological polar surface area (TPSA) is 119 Å². The zero-order valence-electron chi connectivity index (χ0n) is 13.7. The number of primary amides is 1. The van der Waals surface area contributed by atoms with Crippen LogP contribution in [0.3, 0.4) is 0 Å². The first-order valence-electron chi connectivity index (χ1n) is 8.23. The van der Waals surface area contributed by atoms with Crippen molar-refractivity contribution in [1.82, 2.24) is 9.97 Å². The number of anilines is 3. The number of rotatable bonds is 5. The molecule has 1 amide bonds. The van der Waals surface area contributed by atoms with Crippen molar-refractivity contribution in [2.24, 2.45) is 11.5 Å². The average Bonchev–Trinajstić information content (AvgIpc) is 2.59. The molecule has 25 heavy (non-hydrogen) atoms. The smallest absolute Gasteiger partial charge is 0.254 e. The molecular formula is C17H21ClN6O. The van der Waals surface area contributed by atoms with Crippen LogP contribution in [0.15, 0.2) is 30.5 Å². The van der Waals surface area contributed by atoms with Gasteiger partial charge in [0.1, 0.15) is 5.82 Å². The second-order valence-corrected chi connectivity index (χ2v) is 6.64. The predicted molar refractivity (Wildman–Crippen MR) is 99.1 cm³/mol. The lowest BCUT2D eigenvalue weighted by Gasteiger charge is -2.27. The van der Waals surface area contributed by atoms with Gasteiger partial charge in [0.15, 0.2) is 0 Å². The van der Waals surface area contributed by atoms with Crippen molar-refractivity contribution in [3.63, 3.8) is 0 Å². The number of aromatic nitrogens is 2. The number of benzene rings is 1. The molecule has 132 valence electrons. The lowest BCUT2D eigenvalue weighted by molar-refractivity contribution is 0.100. The summed E-state index contributed by atoms with van der Waals surface area (Å²) >= 11 is 5.88. The molecule has 6 N–H and O–H groups in total. The molecule has 7 nitrogen and oxygen atoms in total. The van der Waals surface area contributed by atoms with Crippen molar-refractivity contribution >= 4 is 35.0 Å². The number of carbonyl (C=O) groups excluding carboxylic acids is 1. The lowest BCUT2D eigenvalue weighted by Crippen LogP contribution is -2.33. The first-order chi connectivity index (χ1) is 12.0. The van der Waals surface area contributed by atoms with Gasteiger partial charge in [-0.2, -0.15) is 4.98 Å². The van der Waals surface area contributed by atoms with E-state index in [9.17, 15) is 4.79 Å². The first kappa shape index (κ1) is 17.4. The Morgan fingerprint density at radius 1 is 1.16 bits per heavy atom. The zero-order chi connectivity index (χ0) is 17.8. The molecule has 0 aliphatic heterocycles. The summed E-state index contributed by atoms with van der Waals surface area (Å²) in [6, 6.07) is 7.66. The summed E-state index contributed by atoms with van der Waals surface area (Å²) in [6.07, 6.45) is 5.20. The number of amides is 1. The maximum absolute atomic E-state index is 11.7. The second-order valence-electron chi connectivity index (χ2n) is 6.21. The first-order valence-corrected chi connectivity index (χ1v) is 8.60. The lowest BCUT2D eigenvalue weighted by atomic mass is 9.92. The molecule has 1 aliphatic rings. The van der Waals surface area contributed by atoms with Gasteiger partial charge >= 0.3 is 0 Å². The van der Waals surface area contributed by atoms with Gasteiger partial charge in [-0.25, -0.2) is 4.98 Å². The number of hydrogen-bond acceptors (Lipinski definition) is 6. The standard InChI is InChI=1S/C17H21ClN6O/c18-10-1-5-13(6-2-10)23-17-21-9-14(15(20)25)16(24-17)22-12-7-3-11(19)4-8-12/h1-2,5-6,9,11-12H,3-4,7-8,19H2,(H2,20,25)(H2,21,22,23,24). The van der Waals surface area contributed by atoms with Gasteiger partial charge in [-0.05, 0) is 49.9 Å². The zero-order valence-corrected chi connectivity index (χ0v) is 14.5. The third-order valence-corrected chi connectivity index (χ3v) is 4.52. The van der Waals surface area contributed by atoms with Crippen LogP contribution in [0.1, 0.15) is 36.0 Å². The number of nitrogens with zero attached hydrogens (tertiary/aromatic N) is 2. The fourth-order valence-electron chi connectivity index (χ4n) is 2.85. The highest BCUT2D eigenvalue weighted by Gasteiger charge is 2.21. The van der Waals surface area contributed by atoms with E-state index in [0.29, 0.717) is 16.8 Å². The maximum Gasteiger partial charge on any atom is 0.254 e. The van der Waals surface area contributed by atoms with E-state index in [1.54, 1.807) is 12.1 Å². The minimum atomic E-state index is -0.562. The SMILES string of the molecule is NC(=O)c1cnc(Nc2ccc(Cl)cc2)nc1NC1CCC(N)CC1. The molecule has 1 fully saturated rings. The van der Waals surface area contributed by atoms with Gasteiger partial charge in [-0.15, -0.1) is 0 Å². The highest BCUT2D eigenvalue weighted by molar-refractivity contribution is 6.30. The van der Waals surface area contributed by atoms with E-state index in [1.807, 2.05) is 12.1 Å². The quantitative estimate of drug-likeness (QED) is 0.650. The van der Waals surface area contributed by atoms with E-state index < -0.39 is 5.91 Å². The summed E-state index contributed by atoms with van der Waals surface area (Å²) < 4.78 is 0. The normalized spacial score (nSPS) is 20.1. The molecule has 1 aromatic heterocycles. The summed E-state index contributed by atoms with van der Waals surface area (Å²) in [5, 5.41) is 7.05. The van der Waals surface area contributed by atoms with E-state index in [2.05, 4.69) is 20.6 Å². The van der Waals surface area contributed by atoms with Crippen molar-refractivity contribution in [3.05, 3.63) is 41.0 Å². The van der Waals surface area contributed by atoms with Gasteiger partial charge < -0.3 is 22.1 Å². The Labute approximate surface area is 151 Å². The molecule has 8 heteroatoms. The van der Waals surface area contributed by atoms with Crippen LogP contribution >= 0.6 is 11.6 Å². The number of nitrogens with one attached hydrogen (secondary N) is 2. The van der Waals surface area contributed by atoms with E-state index in [4.69, 9.17) is 23.1 Å². The van der Waals surface area contributed by atoms with Crippen molar-refractivity contribution in [2.45, 2.75) is 37.8 Å². The van der Waals surface area contributed by atoms with E-state index in [1.165, 1.54) is 6.20 Å². The highest BCUT2D eigenvalue weighted by Crippen LogP contribution is 2.24. The van der Waals surface area contributed by atoms with Crippen LogP contribution in [0.5, 0.6) is 0 Å². The third-order valence-electron chi connectivity index (χ3n) is 4.27. The molecule has 1 aromatic carbocycles. The fraction of sp³-hybridized carbons (Fsp3) is 0.353. The molecule has 2 aromatic rings. The van der Waals surface area contributed by atoms with Crippen LogP contribution in [-0.2, 0) is 0 Å². The minimum Gasteiger partial charge on any atom is -0.367 e. The molecular weight excluding hydrogens is 340 g/mol. The Kier molecular flexibility index (Phi) is 5.35. The van der Waals surface area contributed by atoms with Crippen molar-refractivity contribution in [2.75, 3.05) is 10.6 Å². The van der Waals surface area contributed by atoms with Crippen LogP contribution in [-0.4, -0.2) is 28.0 Å². The Balaban J connectivity index is 1.79. The van der Waals surface area contributed by atoms with E-state index in [-0.39, 0.29) is 17.6 Å². The van der Waals surface area contributed by atoms with Crippen LogP contribution in [0.4, 0.5) is 17.5 Å². The van der Waals surface area contributed by atoms with Crippen molar-refractivity contribution < 1.29 is 4.79 Å². The molecule has 0 unspecified atom stereocenters. The largest absolute Gasteiger partial charge is 0.367 e. The van der Waals surface area contributed by atoms with Gasteiger partial charge in [0, 0.05) is 29.0 Å². The summed E-state index contributed by atoms with van der Waals surface area (Å²) in [6.45, 7) is 0. The summed E-state index contributed by atoms with van der Waals surface area (Å²) in [5.74, 6) is 0.259. The van der Waals surface area contributed by atoms with E-state index in [0.717, 1.165) is 31.4 Å². The molecule has 0 bridgehead atoms. The van der Waals surface area contributed by atoms with Crippen LogP contribution in [0.25, 0.3) is 0 Å². The molecule has 0 spiro atoms. The monoisotopic (exact) mass is 360 g/mol. The summed E-state index contributed by atoms with van der Waals surface area (Å²) in [5.41, 5.74) is 12.5. The van der Waals surface area contributed by atoms with Gasteiger partial charge in [-0.3, -0.25) is 4.79 Å². The minimum absolute atomic E-state index is 0.219. The van der Waals surface area contributed by atoms with Crippen LogP contribution in [0, 0.1) is 0 Å². The van der Waals surface area contributed by atoms with Gasteiger partial charge in [0.25, 0.3) is 5.91 Å². The summed E-state index contributed by atoms with van der Waals surface area (Å²) in [7, 11) is 0. The average molecular weight is 361 g/mol. The van der Waals surface area contributed by atoms with Gasteiger partial charge in [0.2, 0.25) is 5.95 Å². The Hall–Kier alpha value is -2.38. The number of nitrogens with two attached hydrogens (primary N) is 2. The number of carbonyl (C=O) groups is 1. The third kappa shape index (κ3) is 4.58. The Bertz CT molecular complexity index is 743. The molecule has 1 heterocycles. The molecule has 0 saturated heterocycles. The van der Waals surface area contributed by atoms with Crippen LogP contribution < -0.4 is 22.1 Å². The Morgan fingerprint density at radius 2 is 1.84 bits per heavy atom. The maximum atomic E-state index is 11.7. The molecule has 0 atom stereocenters. The number of halogens is 1. The predicted octanol–water partition coefficient (Wildman–Crippen LogP) is 2.65. The van der Waals surface area contributed by atoms with E-state index >= 15 is 0 Å². The molecule has 3 rings (SSSR count). The molecule has 0 radical (unpaired) electrons. The Morgan fingerprint density at radius 3 is 2.48 bits per heavy atom. The highest BCUT2D eigenvalue weighted by atomic mass is 35.5. The molecule has 1 aliphatic carbocycles. The summed E-state index contributed by atoms with van der Waals surface area (Å²) in [4.78, 5) is 20.3. The molecule has 1 saturated carbocycles. The van der Waals surface area contributed by atoms with Gasteiger partial charge in [-0.1, -0.05) is 11.6 Å². The number of hydrogen-bond donors (Lipinski definition) is 4. The van der Waals surface area contributed by atoms with Crippen molar-refractivity contribution in [3.8, 4) is 0 Å². The van der Waals surface area contributed by atoms with Crippen molar-refractivity contribution in [1.29, 1.82) is 0 Å². The van der Waals surface area contributed by atoms with Crippen LogP contribution in [0.2, 0.25) is 5.02 Å².